The molecule has 1 saturated carbocycles. The van der Waals surface area contributed by atoms with Crippen molar-refractivity contribution in [1.29, 1.82) is 0 Å². The van der Waals surface area contributed by atoms with Crippen LogP contribution in [-0.2, 0) is 6.61 Å². The molecule has 4 rings (SSSR count). The van der Waals surface area contributed by atoms with Gasteiger partial charge in [-0.1, -0.05) is 80.6 Å². The van der Waals surface area contributed by atoms with Gasteiger partial charge in [-0.05, 0) is 65.8 Å². The molecule has 0 N–H and O–H groups in total. The molecule has 0 heterocycles. The monoisotopic (exact) mass is 452 g/mol. The summed E-state index contributed by atoms with van der Waals surface area (Å²) >= 11 is 0. The molecule has 0 radical (unpaired) electrons. The number of ether oxygens (including phenoxy) is 1. The van der Waals surface area contributed by atoms with Crippen molar-refractivity contribution in [2.75, 3.05) is 0 Å². The van der Waals surface area contributed by atoms with Crippen LogP contribution in [0.2, 0.25) is 0 Å². The zero-order chi connectivity index (χ0) is 23.4. The standard InChI is InChI=1S/C29H31F3O/c1-20(2)24-6-5-7-25(18-24)27-8-3-4-9-28(27)33-19-21-10-12-22(13-11-21)23-14-16-26(17-15-23)29(30,31)32/h3-13,18,20,23,26H,14-17,19H2,1-2H3. The van der Waals surface area contributed by atoms with Gasteiger partial charge in [-0.2, -0.15) is 13.2 Å². The highest BCUT2D eigenvalue weighted by Crippen LogP contribution is 2.43. The Morgan fingerprint density at radius 3 is 2.21 bits per heavy atom. The molecule has 0 bridgehead atoms. The van der Waals surface area contributed by atoms with E-state index >= 15 is 0 Å². The number of halogens is 3. The summed E-state index contributed by atoms with van der Waals surface area (Å²) in [6.45, 7) is 4.82. The van der Waals surface area contributed by atoms with E-state index in [0.29, 0.717) is 25.4 Å². The highest BCUT2D eigenvalue weighted by molar-refractivity contribution is 5.71. The van der Waals surface area contributed by atoms with Crippen LogP contribution in [0, 0.1) is 5.92 Å². The van der Waals surface area contributed by atoms with Gasteiger partial charge in [0.25, 0.3) is 0 Å². The van der Waals surface area contributed by atoms with Crippen LogP contribution in [0.1, 0.15) is 68.1 Å². The second-order valence-corrected chi connectivity index (χ2v) is 9.40. The average Bonchev–Trinajstić information content (AvgIpc) is 2.83. The minimum Gasteiger partial charge on any atom is -0.488 e. The van der Waals surface area contributed by atoms with Crippen molar-refractivity contribution in [1.82, 2.24) is 0 Å². The van der Waals surface area contributed by atoms with Gasteiger partial charge in [-0.25, -0.2) is 0 Å². The lowest BCUT2D eigenvalue weighted by atomic mass is 9.78. The van der Waals surface area contributed by atoms with Crippen molar-refractivity contribution in [3.8, 4) is 16.9 Å². The molecule has 0 aromatic heterocycles. The van der Waals surface area contributed by atoms with Crippen molar-refractivity contribution < 1.29 is 17.9 Å². The Hall–Kier alpha value is -2.75. The Kier molecular flexibility index (Phi) is 7.11. The number of hydrogen-bond donors (Lipinski definition) is 0. The summed E-state index contributed by atoms with van der Waals surface area (Å²) in [5.41, 5.74) is 5.68. The molecule has 1 fully saturated rings. The maximum atomic E-state index is 12.9. The van der Waals surface area contributed by atoms with E-state index in [0.717, 1.165) is 28.0 Å². The molecule has 4 heteroatoms. The first-order valence-electron chi connectivity index (χ1n) is 11.8. The fourth-order valence-corrected chi connectivity index (χ4v) is 4.70. The average molecular weight is 453 g/mol. The third-order valence-corrected chi connectivity index (χ3v) is 6.79. The summed E-state index contributed by atoms with van der Waals surface area (Å²) in [5.74, 6) is 0.378. The molecule has 3 aromatic carbocycles. The van der Waals surface area contributed by atoms with E-state index < -0.39 is 12.1 Å². The number of rotatable bonds is 6. The number of benzene rings is 3. The van der Waals surface area contributed by atoms with E-state index in [4.69, 9.17) is 4.74 Å². The van der Waals surface area contributed by atoms with Crippen LogP contribution in [0.3, 0.4) is 0 Å². The van der Waals surface area contributed by atoms with Crippen molar-refractivity contribution in [3.63, 3.8) is 0 Å². The Morgan fingerprint density at radius 2 is 1.55 bits per heavy atom. The van der Waals surface area contributed by atoms with Crippen LogP contribution in [0.4, 0.5) is 13.2 Å². The maximum Gasteiger partial charge on any atom is 0.391 e. The van der Waals surface area contributed by atoms with Crippen molar-refractivity contribution in [2.24, 2.45) is 5.92 Å². The van der Waals surface area contributed by atoms with E-state index in [1.165, 1.54) is 5.56 Å². The topological polar surface area (TPSA) is 9.23 Å². The predicted molar refractivity (Wildman–Crippen MR) is 127 cm³/mol. The third kappa shape index (κ3) is 5.79. The van der Waals surface area contributed by atoms with Crippen LogP contribution in [-0.4, -0.2) is 6.18 Å². The molecule has 0 aliphatic heterocycles. The summed E-state index contributed by atoms with van der Waals surface area (Å²) in [7, 11) is 0. The van der Waals surface area contributed by atoms with Gasteiger partial charge in [-0.15, -0.1) is 0 Å². The van der Waals surface area contributed by atoms with E-state index in [1.54, 1.807) is 0 Å². The molecule has 1 aliphatic carbocycles. The molecule has 0 atom stereocenters. The largest absolute Gasteiger partial charge is 0.488 e. The van der Waals surface area contributed by atoms with Crippen LogP contribution in [0.25, 0.3) is 11.1 Å². The molecule has 0 unspecified atom stereocenters. The van der Waals surface area contributed by atoms with E-state index in [-0.39, 0.29) is 18.8 Å². The van der Waals surface area contributed by atoms with E-state index in [2.05, 4.69) is 56.3 Å². The summed E-state index contributed by atoms with van der Waals surface area (Å²) in [4.78, 5) is 0. The lowest BCUT2D eigenvalue weighted by Gasteiger charge is -2.30. The second-order valence-electron chi connectivity index (χ2n) is 9.40. The molecule has 0 amide bonds. The molecule has 1 nitrogen and oxygen atoms in total. The highest BCUT2D eigenvalue weighted by Gasteiger charge is 2.41. The fraction of sp³-hybridized carbons (Fsp3) is 0.379. The predicted octanol–water partition coefficient (Wildman–Crippen LogP) is 8.89. The fourth-order valence-electron chi connectivity index (χ4n) is 4.70. The molecule has 0 spiro atoms. The SMILES string of the molecule is CC(C)c1cccc(-c2ccccc2OCc2ccc(C3CCC(C(F)(F)F)CC3)cc2)c1. The maximum absolute atomic E-state index is 12.9. The summed E-state index contributed by atoms with van der Waals surface area (Å²) < 4.78 is 45.0. The molecule has 174 valence electrons. The smallest absolute Gasteiger partial charge is 0.391 e. The molecule has 3 aromatic rings. The van der Waals surface area contributed by atoms with E-state index in [1.807, 2.05) is 30.3 Å². The van der Waals surface area contributed by atoms with Crippen molar-refractivity contribution in [2.45, 2.75) is 64.1 Å². The number of hydrogen-bond acceptors (Lipinski definition) is 1. The van der Waals surface area contributed by atoms with Crippen LogP contribution in [0.15, 0.2) is 72.8 Å². The zero-order valence-corrected chi connectivity index (χ0v) is 19.2. The molecule has 0 saturated heterocycles. The summed E-state index contributed by atoms with van der Waals surface area (Å²) in [5, 5.41) is 0. The normalized spacial score (nSPS) is 19.0. The minimum atomic E-state index is -4.06. The van der Waals surface area contributed by atoms with Gasteiger partial charge in [-0.3, -0.25) is 0 Å². The lowest BCUT2D eigenvalue weighted by molar-refractivity contribution is -0.182. The molecular formula is C29H31F3O. The van der Waals surface area contributed by atoms with Crippen LogP contribution >= 0.6 is 0 Å². The van der Waals surface area contributed by atoms with Gasteiger partial charge in [0.15, 0.2) is 0 Å². The Bertz CT molecular complexity index is 1040. The highest BCUT2D eigenvalue weighted by atomic mass is 19.4. The second kappa shape index (κ2) is 10.0. The first-order chi connectivity index (χ1) is 15.8. The van der Waals surface area contributed by atoms with Gasteiger partial charge in [0.2, 0.25) is 0 Å². The van der Waals surface area contributed by atoms with Gasteiger partial charge in [0, 0.05) is 5.56 Å². The van der Waals surface area contributed by atoms with Gasteiger partial charge < -0.3 is 4.74 Å². The lowest BCUT2D eigenvalue weighted by Crippen LogP contribution is -2.27. The van der Waals surface area contributed by atoms with Gasteiger partial charge in [0.05, 0.1) is 5.92 Å². The first kappa shape index (κ1) is 23.4. The van der Waals surface area contributed by atoms with Crippen molar-refractivity contribution >= 4 is 0 Å². The Balaban J connectivity index is 1.40. The van der Waals surface area contributed by atoms with Crippen molar-refractivity contribution in [3.05, 3.63) is 89.5 Å². The quantitative estimate of drug-likeness (QED) is 0.363. The van der Waals surface area contributed by atoms with Crippen LogP contribution in [0.5, 0.6) is 5.75 Å². The van der Waals surface area contributed by atoms with E-state index in [9.17, 15) is 13.2 Å². The number of alkyl halides is 3. The Morgan fingerprint density at radius 1 is 0.848 bits per heavy atom. The van der Waals surface area contributed by atoms with Gasteiger partial charge >= 0.3 is 6.18 Å². The minimum absolute atomic E-state index is 0.215. The third-order valence-electron chi connectivity index (χ3n) is 6.79. The summed E-state index contributed by atoms with van der Waals surface area (Å²) in [6.07, 6.45) is -2.40. The summed E-state index contributed by atoms with van der Waals surface area (Å²) in [6, 6.07) is 24.8. The zero-order valence-electron chi connectivity index (χ0n) is 19.2. The molecule has 1 aliphatic rings. The van der Waals surface area contributed by atoms with Crippen LogP contribution < -0.4 is 4.74 Å². The molecule has 33 heavy (non-hydrogen) atoms. The molecular weight excluding hydrogens is 421 g/mol. The first-order valence-corrected chi connectivity index (χ1v) is 11.8. The van der Waals surface area contributed by atoms with Gasteiger partial charge in [0.1, 0.15) is 12.4 Å². The number of para-hydroxylation sites is 1. The Labute approximate surface area is 194 Å².